The summed E-state index contributed by atoms with van der Waals surface area (Å²) in [6.07, 6.45) is 2.47. The second-order valence-electron chi connectivity index (χ2n) is 6.36. The molecule has 2 aliphatic rings. The van der Waals surface area contributed by atoms with E-state index in [1.165, 1.54) is 24.9 Å². The Bertz CT molecular complexity index is 516. The van der Waals surface area contributed by atoms with Gasteiger partial charge in [-0.3, -0.25) is 9.89 Å². The lowest BCUT2D eigenvalue weighted by Gasteiger charge is -2.32. The van der Waals surface area contributed by atoms with Crippen molar-refractivity contribution in [3.05, 3.63) is 21.9 Å². The second-order valence-corrected chi connectivity index (χ2v) is 7.36. The molecular formula is C16H27IN4S. The van der Waals surface area contributed by atoms with Crippen molar-refractivity contribution >= 4 is 41.3 Å². The minimum atomic E-state index is 0. The number of nitrogens with zero attached hydrogens (tertiary/aromatic N) is 2. The van der Waals surface area contributed by atoms with E-state index in [-0.39, 0.29) is 24.0 Å². The van der Waals surface area contributed by atoms with Gasteiger partial charge in [0.2, 0.25) is 0 Å². The van der Waals surface area contributed by atoms with Crippen molar-refractivity contribution in [3.8, 4) is 0 Å². The highest BCUT2D eigenvalue weighted by Gasteiger charge is 2.33. The maximum absolute atomic E-state index is 4.32. The molecule has 3 rings (SSSR count). The van der Waals surface area contributed by atoms with E-state index in [1.807, 2.05) is 18.4 Å². The van der Waals surface area contributed by atoms with Crippen molar-refractivity contribution in [2.75, 3.05) is 20.1 Å². The molecule has 0 radical (unpaired) electrons. The average molecular weight is 434 g/mol. The molecule has 0 bridgehead atoms. The molecule has 1 aliphatic carbocycles. The van der Waals surface area contributed by atoms with Crippen LogP contribution in [0, 0.1) is 5.92 Å². The Kier molecular flexibility index (Phi) is 6.52. The molecule has 0 spiro atoms. The predicted octanol–water partition coefficient (Wildman–Crippen LogP) is 2.69. The number of halogens is 1. The van der Waals surface area contributed by atoms with Gasteiger partial charge in [-0.25, -0.2) is 0 Å². The van der Waals surface area contributed by atoms with Crippen LogP contribution in [0.25, 0.3) is 0 Å². The second kappa shape index (κ2) is 7.97. The van der Waals surface area contributed by atoms with Crippen LogP contribution in [0.1, 0.15) is 30.7 Å². The summed E-state index contributed by atoms with van der Waals surface area (Å²) >= 11 is 1.90. The molecule has 1 fully saturated rings. The summed E-state index contributed by atoms with van der Waals surface area (Å²) in [4.78, 5) is 8.47. The van der Waals surface area contributed by atoms with Crippen molar-refractivity contribution < 1.29 is 0 Å². The summed E-state index contributed by atoms with van der Waals surface area (Å²) in [5.41, 5.74) is 1.52. The van der Waals surface area contributed by atoms with E-state index in [2.05, 4.69) is 45.8 Å². The van der Waals surface area contributed by atoms with E-state index in [4.69, 9.17) is 0 Å². The Hall–Kier alpha value is -0.340. The van der Waals surface area contributed by atoms with Crippen LogP contribution >= 0.6 is 35.3 Å². The van der Waals surface area contributed by atoms with Gasteiger partial charge in [-0.05, 0) is 42.7 Å². The zero-order valence-corrected chi connectivity index (χ0v) is 16.8. The molecule has 1 aliphatic heterocycles. The fourth-order valence-electron chi connectivity index (χ4n) is 2.91. The molecule has 3 unspecified atom stereocenters. The maximum Gasteiger partial charge on any atom is 0.191 e. The van der Waals surface area contributed by atoms with Gasteiger partial charge < -0.3 is 10.6 Å². The number of nitrogens with one attached hydrogen (secondary N) is 2. The third-order valence-corrected chi connectivity index (χ3v) is 5.70. The van der Waals surface area contributed by atoms with E-state index in [9.17, 15) is 0 Å². The van der Waals surface area contributed by atoms with Crippen LogP contribution in [0.15, 0.2) is 16.4 Å². The lowest BCUT2D eigenvalue weighted by atomic mass is 10.1. The lowest BCUT2D eigenvalue weighted by molar-refractivity contribution is 0.192. The maximum atomic E-state index is 4.32. The molecule has 2 heterocycles. The minimum absolute atomic E-state index is 0. The largest absolute Gasteiger partial charge is 0.355 e. The highest BCUT2D eigenvalue weighted by molar-refractivity contribution is 14.0. The van der Waals surface area contributed by atoms with E-state index in [1.54, 1.807) is 4.88 Å². The summed E-state index contributed by atoms with van der Waals surface area (Å²) in [6.45, 7) is 7.78. The molecule has 1 saturated carbocycles. The summed E-state index contributed by atoms with van der Waals surface area (Å²) < 4.78 is 0. The molecule has 22 heavy (non-hydrogen) atoms. The smallest absolute Gasteiger partial charge is 0.191 e. The normalized spacial score (nSPS) is 25.9. The van der Waals surface area contributed by atoms with Crippen molar-refractivity contribution in [2.24, 2.45) is 10.9 Å². The van der Waals surface area contributed by atoms with Crippen molar-refractivity contribution in [3.63, 3.8) is 0 Å². The molecule has 0 saturated heterocycles. The van der Waals surface area contributed by atoms with Crippen LogP contribution in [0.4, 0.5) is 0 Å². The molecular weight excluding hydrogens is 407 g/mol. The quantitative estimate of drug-likeness (QED) is 0.435. The summed E-state index contributed by atoms with van der Waals surface area (Å²) in [6, 6.07) is 3.42. The van der Waals surface area contributed by atoms with Gasteiger partial charge in [0.1, 0.15) is 0 Å². The number of hydrogen-bond acceptors (Lipinski definition) is 3. The van der Waals surface area contributed by atoms with Crippen molar-refractivity contribution in [2.45, 2.75) is 45.3 Å². The van der Waals surface area contributed by atoms with E-state index < -0.39 is 0 Å². The molecule has 1 aromatic heterocycles. The van der Waals surface area contributed by atoms with Gasteiger partial charge in [-0.1, -0.05) is 6.92 Å². The van der Waals surface area contributed by atoms with Crippen LogP contribution in [0.5, 0.6) is 0 Å². The van der Waals surface area contributed by atoms with E-state index in [0.717, 1.165) is 25.0 Å². The van der Waals surface area contributed by atoms with Crippen LogP contribution < -0.4 is 10.6 Å². The topological polar surface area (TPSA) is 39.7 Å². The Morgan fingerprint density at radius 2 is 2.32 bits per heavy atom. The third-order valence-electron chi connectivity index (χ3n) is 4.68. The van der Waals surface area contributed by atoms with Gasteiger partial charge in [0, 0.05) is 43.6 Å². The SMILES string of the molecule is CN=C(NCC(C)N1CCc2sccc2C1)NC1CC1C.I. The molecule has 1 aromatic rings. The van der Waals surface area contributed by atoms with Gasteiger partial charge in [-0.15, -0.1) is 35.3 Å². The lowest BCUT2D eigenvalue weighted by Crippen LogP contribution is -2.47. The number of aliphatic imine (C=N–C) groups is 1. The molecule has 6 heteroatoms. The Morgan fingerprint density at radius 3 is 3.00 bits per heavy atom. The molecule has 4 nitrogen and oxygen atoms in total. The zero-order chi connectivity index (χ0) is 14.8. The molecule has 124 valence electrons. The van der Waals surface area contributed by atoms with Crippen LogP contribution in [-0.2, 0) is 13.0 Å². The van der Waals surface area contributed by atoms with Crippen LogP contribution in [-0.4, -0.2) is 43.1 Å². The summed E-state index contributed by atoms with van der Waals surface area (Å²) in [7, 11) is 1.85. The van der Waals surface area contributed by atoms with E-state index >= 15 is 0 Å². The summed E-state index contributed by atoms with van der Waals surface area (Å²) in [5, 5.41) is 9.18. The number of rotatable bonds is 4. The summed E-state index contributed by atoms with van der Waals surface area (Å²) in [5.74, 6) is 1.74. The number of hydrogen-bond donors (Lipinski definition) is 2. The first-order chi connectivity index (χ1) is 10.2. The van der Waals surface area contributed by atoms with Gasteiger partial charge >= 0.3 is 0 Å². The third kappa shape index (κ3) is 4.35. The molecule has 0 aromatic carbocycles. The predicted molar refractivity (Wildman–Crippen MR) is 105 cm³/mol. The minimum Gasteiger partial charge on any atom is -0.355 e. The number of fused-ring (bicyclic) bond motifs is 1. The van der Waals surface area contributed by atoms with Crippen LogP contribution in [0.2, 0.25) is 0 Å². The first-order valence-electron chi connectivity index (χ1n) is 7.94. The monoisotopic (exact) mass is 434 g/mol. The standard InChI is InChI=1S/C16H26N4S.HI/c1-11-8-14(11)19-16(17-3)18-9-12(2)20-6-4-15-13(10-20)5-7-21-15;/h5,7,11-12,14H,4,6,8-10H2,1-3H3,(H2,17,18,19);1H. The van der Waals surface area contributed by atoms with Crippen molar-refractivity contribution in [1.29, 1.82) is 0 Å². The van der Waals surface area contributed by atoms with Gasteiger partial charge in [0.25, 0.3) is 0 Å². The van der Waals surface area contributed by atoms with E-state index in [0.29, 0.717) is 12.1 Å². The Balaban J connectivity index is 0.00000176. The Morgan fingerprint density at radius 1 is 1.55 bits per heavy atom. The molecule has 2 N–H and O–H groups in total. The highest BCUT2D eigenvalue weighted by atomic mass is 127. The van der Waals surface area contributed by atoms with Crippen LogP contribution in [0.3, 0.4) is 0 Å². The number of thiophene rings is 1. The highest BCUT2D eigenvalue weighted by Crippen LogP contribution is 2.28. The Labute approximate surface area is 154 Å². The molecule has 0 amide bonds. The van der Waals surface area contributed by atoms with Gasteiger partial charge in [0.05, 0.1) is 0 Å². The van der Waals surface area contributed by atoms with Gasteiger partial charge in [0.15, 0.2) is 5.96 Å². The first kappa shape index (κ1) is 18.0. The molecule has 3 atom stereocenters. The first-order valence-corrected chi connectivity index (χ1v) is 8.82. The fraction of sp³-hybridized carbons (Fsp3) is 0.688. The van der Waals surface area contributed by atoms with Gasteiger partial charge in [-0.2, -0.15) is 0 Å². The van der Waals surface area contributed by atoms with Crippen molar-refractivity contribution in [1.82, 2.24) is 15.5 Å². The fourth-order valence-corrected chi connectivity index (χ4v) is 3.80. The number of guanidine groups is 1. The average Bonchev–Trinajstić information content (AvgIpc) is 3.00. The zero-order valence-electron chi connectivity index (χ0n) is 13.6.